The molecule has 8 heteroatoms. The van der Waals surface area contributed by atoms with E-state index in [4.69, 9.17) is 15.5 Å². The van der Waals surface area contributed by atoms with Gasteiger partial charge in [0.05, 0.1) is 24.5 Å². The molecule has 2 aromatic carbocycles. The van der Waals surface area contributed by atoms with E-state index in [1.54, 1.807) is 6.20 Å². The van der Waals surface area contributed by atoms with Gasteiger partial charge in [-0.15, -0.1) is 0 Å². The van der Waals surface area contributed by atoms with Gasteiger partial charge in [-0.3, -0.25) is 0 Å². The molecule has 0 aliphatic carbocycles. The Morgan fingerprint density at radius 3 is 2.44 bits per heavy atom. The summed E-state index contributed by atoms with van der Waals surface area (Å²) in [5.41, 5.74) is 4.29. The Hall–Kier alpha value is -4.64. The number of carbonyl (C=O) groups is 2. The second-order valence-electron chi connectivity index (χ2n) is 6.86. The van der Waals surface area contributed by atoms with Gasteiger partial charge in [0.2, 0.25) is 0 Å². The second kappa shape index (κ2) is 10.4. The molecular formula is C24H20N4O4. The van der Waals surface area contributed by atoms with Crippen LogP contribution in [0.15, 0.2) is 85.6 Å². The van der Waals surface area contributed by atoms with Crippen LogP contribution in [-0.4, -0.2) is 36.3 Å². The van der Waals surface area contributed by atoms with Gasteiger partial charge in [0.1, 0.15) is 0 Å². The highest BCUT2D eigenvalue weighted by atomic mass is 16.4. The molecule has 0 aliphatic heterocycles. The van der Waals surface area contributed by atoms with Crippen LogP contribution in [0.4, 0.5) is 0 Å². The number of nitrogens with zero attached hydrogens (tertiary/aromatic N) is 4. The van der Waals surface area contributed by atoms with Crippen molar-refractivity contribution in [3.05, 3.63) is 102 Å². The summed E-state index contributed by atoms with van der Waals surface area (Å²) in [5.74, 6) is -2.51. The number of aromatic nitrogens is 3. The lowest BCUT2D eigenvalue weighted by Crippen LogP contribution is -1.99. The van der Waals surface area contributed by atoms with Crippen LogP contribution in [0.5, 0.6) is 0 Å². The number of benzene rings is 2. The van der Waals surface area contributed by atoms with Gasteiger partial charge in [0.25, 0.3) is 0 Å². The maximum absolute atomic E-state index is 9.55. The molecule has 2 N–H and O–H groups in total. The molecule has 4 aromatic rings. The third-order valence-electron chi connectivity index (χ3n) is 4.56. The summed E-state index contributed by atoms with van der Waals surface area (Å²) in [4.78, 5) is 23.2. The number of aliphatic carboxylic acids is 2. The molecule has 160 valence electrons. The molecule has 0 aliphatic rings. The zero-order chi connectivity index (χ0) is 22.9. The monoisotopic (exact) mass is 428 g/mol. The first-order valence-electron chi connectivity index (χ1n) is 9.61. The number of nitriles is 1. The number of carboxylic acids is 2. The van der Waals surface area contributed by atoms with Gasteiger partial charge in [0, 0.05) is 48.2 Å². The van der Waals surface area contributed by atoms with Gasteiger partial charge in [-0.05, 0) is 29.3 Å². The molecule has 2 heterocycles. The molecular weight excluding hydrogens is 408 g/mol. The van der Waals surface area contributed by atoms with E-state index in [1.807, 2.05) is 30.7 Å². The van der Waals surface area contributed by atoms with E-state index in [9.17, 15) is 9.59 Å². The van der Waals surface area contributed by atoms with Crippen molar-refractivity contribution < 1.29 is 19.8 Å². The highest BCUT2D eigenvalue weighted by molar-refractivity contribution is 5.89. The predicted octanol–water partition coefficient (Wildman–Crippen LogP) is 3.52. The van der Waals surface area contributed by atoms with Crippen LogP contribution in [0.3, 0.4) is 0 Å². The molecule has 0 bridgehead atoms. The van der Waals surface area contributed by atoms with Crippen molar-refractivity contribution in [2.45, 2.75) is 13.1 Å². The van der Waals surface area contributed by atoms with Crippen molar-refractivity contribution in [3.8, 4) is 6.07 Å². The van der Waals surface area contributed by atoms with Crippen LogP contribution in [0.1, 0.15) is 16.7 Å². The molecule has 0 fully saturated rings. The Kier molecular flexibility index (Phi) is 7.17. The first-order valence-corrected chi connectivity index (χ1v) is 9.61. The van der Waals surface area contributed by atoms with E-state index in [1.165, 1.54) is 16.5 Å². The van der Waals surface area contributed by atoms with Crippen LogP contribution in [0.2, 0.25) is 0 Å². The summed E-state index contributed by atoms with van der Waals surface area (Å²) >= 11 is 0. The van der Waals surface area contributed by atoms with Crippen molar-refractivity contribution in [1.82, 2.24) is 14.1 Å². The van der Waals surface area contributed by atoms with Crippen molar-refractivity contribution in [3.63, 3.8) is 0 Å². The van der Waals surface area contributed by atoms with E-state index < -0.39 is 11.9 Å². The van der Waals surface area contributed by atoms with Crippen molar-refractivity contribution in [1.29, 1.82) is 5.26 Å². The summed E-state index contributed by atoms with van der Waals surface area (Å²) in [7, 11) is 0. The lowest BCUT2D eigenvalue weighted by molar-refractivity contribution is -0.134. The molecule has 0 saturated heterocycles. The van der Waals surface area contributed by atoms with Crippen molar-refractivity contribution in [2.24, 2.45) is 0 Å². The van der Waals surface area contributed by atoms with E-state index in [-0.39, 0.29) is 0 Å². The van der Waals surface area contributed by atoms with E-state index in [0.717, 1.165) is 18.7 Å². The lowest BCUT2D eigenvalue weighted by Gasteiger charge is -2.06. The quantitative estimate of drug-likeness (QED) is 0.453. The number of fused-ring (bicyclic) bond motifs is 1. The maximum atomic E-state index is 9.55. The Labute approximate surface area is 183 Å². The first kappa shape index (κ1) is 22.1. The van der Waals surface area contributed by atoms with Gasteiger partial charge in [-0.2, -0.15) is 5.26 Å². The Morgan fingerprint density at radius 1 is 1.03 bits per heavy atom. The van der Waals surface area contributed by atoms with Crippen LogP contribution >= 0.6 is 0 Å². The molecule has 0 radical (unpaired) electrons. The minimum Gasteiger partial charge on any atom is -0.478 e. The van der Waals surface area contributed by atoms with Gasteiger partial charge in [-0.25, -0.2) is 14.6 Å². The summed E-state index contributed by atoms with van der Waals surface area (Å²) in [5, 5.41) is 26.0. The second-order valence-corrected chi connectivity index (χ2v) is 6.86. The maximum Gasteiger partial charge on any atom is 0.328 e. The highest BCUT2D eigenvalue weighted by Gasteiger charge is 2.09. The molecule has 0 saturated carbocycles. The van der Waals surface area contributed by atoms with Crippen molar-refractivity contribution >= 4 is 22.8 Å². The van der Waals surface area contributed by atoms with Crippen LogP contribution in [-0.2, 0) is 22.7 Å². The third kappa shape index (κ3) is 5.93. The highest BCUT2D eigenvalue weighted by Crippen LogP contribution is 2.23. The molecule has 0 spiro atoms. The normalized spacial score (nSPS) is 10.5. The zero-order valence-electron chi connectivity index (χ0n) is 17.0. The number of hydrogen-bond donors (Lipinski definition) is 2. The standard InChI is InChI=1S/C20H16N4.C4H4O4/c21-11-16-4-3-5-17(10-16)12-24-14-18(13-23-9-8-22-15-23)19-6-1-2-7-20(19)24;5-3(6)1-2-4(7)8/h1-10,14-15H,12-13H2;1-2H,(H,5,6)(H,7,8)/b;2-1+. The van der Waals surface area contributed by atoms with E-state index in [2.05, 4.69) is 56.7 Å². The number of rotatable bonds is 6. The fourth-order valence-corrected chi connectivity index (χ4v) is 3.24. The molecule has 32 heavy (non-hydrogen) atoms. The molecule has 0 unspecified atom stereocenters. The first-order chi connectivity index (χ1) is 15.5. The van der Waals surface area contributed by atoms with Crippen LogP contribution in [0.25, 0.3) is 10.9 Å². The van der Waals surface area contributed by atoms with Crippen LogP contribution in [0, 0.1) is 11.3 Å². The number of hydrogen-bond acceptors (Lipinski definition) is 4. The number of carboxylic acid groups (broad SMARTS) is 2. The zero-order valence-corrected chi connectivity index (χ0v) is 17.0. The smallest absolute Gasteiger partial charge is 0.328 e. The summed E-state index contributed by atoms with van der Waals surface area (Å²) in [6.07, 6.45) is 8.92. The fourth-order valence-electron chi connectivity index (χ4n) is 3.24. The van der Waals surface area contributed by atoms with Gasteiger partial charge in [0.15, 0.2) is 0 Å². The number of para-hydroxylation sites is 1. The molecule has 8 nitrogen and oxygen atoms in total. The van der Waals surface area contributed by atoms with E-state index >= 15 is 0 Å². The minimum absolute atomic E-state index is 0.558. The summed E-state index contributed by atoms with van der Waals surface area (Å²) in [6.45, 7) is 1.55. The molecule has 4 rings (SSSR count). The summed E-state index contributed by atoms with van der Waals surface area (Å²) < 4.78 is 4.32. The Morgan fingerprint density at radius 2 is 1.78 bits per heavy atom. The topological polar surface area (TPSA) is 121 Å². The molecule has 0 atom stereocenters. The average Bonchev–Trinajstić information content (AvgIpc) is 3.42. The molecule has 2 aromatic heterocycles. The predicted molar refractivity (Wildman–Crippen MR) is 118 cm³/mol. The summed E-state index contributed by atoms with van der Waals surface area (Å²) in [6, 6.07) is 18.4. The lowest BCUT2D eigenvalue weighted by atomic mass is 10.1. The van der Waals surface area contributed by atoms with Crippen LogP contribution < -0.4 is 0 Å². The SMILES string of the molecule is N#Cc1cccc(Cn2cc(Cn3ccnc3)c3ccccc32)c1.O=C(O)/C=C/C(=O)O. The van der Waals surface area contributed by atoms with Gasteiger partial charge < -0.3 is 19.3 Å². The fraction of sp³-hybridized carbons (Fsp3) is 0.0833. The molecule has 0 amide bonds. The third-order valence-corrected chi connectivity index (χ3v) is 4.56. The van der Waals surface area contributed by atoms with Crippen molar-refractivity contribution in [2.75, 3.05) is 0 Å². The number of imidazole rings is 1. The van der Waals surface area contributed by atoms with E-state index in [0.29, 0.717) is 17.7 Å². The Balaban J connectivity index is 0.000000312. The minimum atomic E-state index is -1.26. The Bertz CT molecular complexity index is 1280. The average molecular weight is 428 g/mol. The largest absolute Gasteiger partial charge is 0.478 e. The van der Waals surface area contributed by atoms with Gasteiger partial charge in [-0.1, -0.05) is 30.3 Å². The van der Waals surface area contributed by atoms with Gasteiger partial charge >= 0.3 is 11.9 Å².